The third kappa shape index (κ3) is 2.76. The molecule has 0 unspecified atom stereocenters. The highest BCUT2D eigenvalue weighted by atomic mass is 32.2. The van der Waals surface area contributed by atoms with Crippen LogP contribution in [0.3, 0.4) is 0 Å². The van der Waals surface area contributed by atoms with Gasteiger partial charge in [0.15, 0.2) is 5.00 Å². The molecular weight excluding hydrogens is 316 g/mol. The number of anilines is 1. The van der Waals surface area contributed by atoms with Crippen LogP contribution in [-0.4, -0.2) is 19.9 Å². The Labute approximate surface area is 125 Å². The lowest BCUT2D eigenvalue weighted by molar-refractivity contribution is -0.383. The van der Waals surface area contributed by atoms with Crippen molar-refractivity contribution in [2.24, 2.45) is 17.2 Å². The van der Waals surface area contributed by atoms with E-state index in [1.807, 2.05) is 0 Å². The number of nitrogens with zero attached hydrogens (tertiary/aromatic N) is 1. The summed E-state index contributed by atoms with van der Waals surface area (Å²) in [5, 5.41) is 10.9. The number of thiophene rings is 1. The highest BCUT2D eigenvalue weighted by Gasteiger charge is 2.53. The van der Waals surface area contributed by atoms with Crippen molar-refractivity contribution in [3.63, 3.8) is 0 Å². The first-order valence-corrected chi connectivity index (χ1v) is 8.92. The zero-order chi connectivity index (χ0) is 15.3. The molecule has 2 aliphatic rings. The molecule has 116 valence electrons. The predicted octanol–water partition coefficient (Wildman–Crippen LogP) is 1.41. The van der Waals surface area contributed by atoms with Gasteiger partial charge in [-0.1, -0.05) is 11.3 Å². The molecule has 8 nitrogen and oxygen atoms in total. The van der Waals surface area contributed by atoms with Crippen molar-refractivity contribution >= 4 is 32.0 Å². The molecule has 0 aliphatic heterocycles. The zero-order valence-electron chi connectivity index (χ0n) is 11.2. The molecule has 3 rings (SSSR count). The quantitative estimate of drug-likeness (QED) is 0.393. The molecule has 0 amide bonds. The molecule has 1 aromatic rings. The number of sulfonamides is 1. The van der Waals surface area contributed by atoms with E-state index in [2.05, 4.69) is 10.1 Å². The van der Waals surface area contributed by atoms with Crippen LogP contribution in [0.15, 0.2) is 10.3 Å². The lowest BCUT2D eigenvalue weighted by atomic mass is 10.0. The second-order valence-corrected chi connectivity index (χ2v) is 8.69. The summed E-state index contributed by atoms with van der Waals surface area (Å²) in [4.78, 5) is 10.2. The lowest BCUT2D eigenvalue weighted by Crippen LogP contribution is -2.30. The third-order valence-electron chi connectivity index (χ3n) is 4.23. The summed E-state index contributed by atoms with van der Waals surface area (Å²) >= 11 is 0.762. The Morgan fingerprint density at radius 3 is 2.57 bits per heavy atom. The monoisotopic (exact) mass is 332 g/mol. The predicted molar refractivity (Wildman–Crippen MR) is 78.4 cm³/mol. The normalized spacial score (nSPS) is 20.2. The van der Waals surface area contributed by atoms with Crippen molar-refractivity contribution in [3.05, 3.63) is 16.2 Å². The summed E-state index contributed by atoms with van der Waals surface area (Å²) in [7, 11) is -3.74. The van der Waals surface area contributed by atoms with E-state index in [1.54, 1.807) is 0 Å². The van der Waals surface area contributed by atoms with Gasteiger partial charge >= 0.3 is 5.69 Å². The Bertz CT molecular complexity index is 676. The van der Waals surface area contributed by atoms with Gasteiger partial charge in [-0.25, -0.2) is 19.0 Å². The van der Waals surface area contributed by atoms with E-state index in [0.29, 0.717) is 12.5 Å². The average Bonchev–Trinajstić information content (AvgIpc) is 3.32. The van der Waals surface area contributed by atoms with E-state index < -0.39 is 14.9 Å². The van der Waals surface area contributed by atoms with Gasteiger partial charge in [-0.05, 0) is 37.0 Å². The van der Waals surface area contributed by atoms with Gasteiger partial charge in [0.2, 0.25) is 10.0 Å². The lowest BCUT2D eigenvalue weighted by Gasteiger charge is -2.14. The Morgan fingerprint density at radius 2 is 2.14 bits per heavy atom. The molecular formula is C11H16N4O4S2. The van der Waals surface area contributed by atoms with E-state index in [0.717, 1.165) is 30.2 Å². The largest absolute Gasteiger partial charge is 0.310 e. The second kappa shape index (κ2) is 4.90. The van der Waals surface area contributed by atoms with Crippen LogP contribution >= 0.6 is 11.3 Å². The summed E-state index contributed by atoms with van der Waals surface area (Å²) < 4.78 is 27.0. The number of rotatable bonds is 7. The molecule has 4 N–H and O–H groups in total. The van der Waals surface area contributed by atoms with Gasteiger partial charge in [-0.3, -0.25) is 10.1 Å². The molecule has 1 heterocycles. The van der Waals surface area contributed by atoms with Gasteiger partial charge in [0.1, 0.15) is 4.21 Å². The first-order chi connectivity index (χ1) is 9.88. The Hall–Kier alpha value is -1.23. The van der Waals surface area contributed by atoms with E-state index in [-0.39, 0.29) is 20.3 Å². The highest BCUT2D eigenvalue weighted by Crippen LogP contribution is 2.60. The molecule has 0 spiro atoms. The molecule has 2 aliphatic carbocycles. The molecule has 1 aromatic heterocycles. The van der Waals surface area contributed by atoms with E-state index in [9.17, 15) is 18.5 Å². The van der Waals surface area contributed by atoms with Gasteiger partial charge in [0.25, 0.3) is 0 Å². The van der Waals surface area contributed by atoms with Crippen molar-refractivity contribution in [2.75, 3.05) is 12.0 Å². The second-order valence-electron chi connectivity index (χ2n) is 5.64. The van der Waals surface area contributed by atoms with Crippen molar-refractivity contribution in [2.45, 2.75) is 29.9 Å². The molecule has 21 heavy (non-hydrogen) atoms. The van der Waals surface area contributed by atoms with Crippen LogP contribution in [0.1, 0.15) is 25.7 Å². The van der Waals surface area contributed by atoms with E-state index in [1.165, 1.54) is 12.8 Å². The van der Waals surface area contributed by atoms with Gasteiger partial charge < -0.3 is 5.43 Å². The number of nitrogens with two attached hydrogens (primary N) is 1. The van der Waals surface area contributed by atoms with Crippen molar-refractivity contribution in [1.82, 2.24) is 4.72 Å². The number of hydrogen-bond acceptors (Lipinski definition) is 7. The first kappa shape index (κ1) is 14.7. The minimum atomic E-state index is -3.74. The smallest absolute Gasteiger partial charge is 0.306 e. The topological polar surface area (TPSA) is 127 Å². The van der Waals surface area contributed by atoms with E-state index in [4.69, 9.17) is 5.84 Å². The fraction of sp³-hybridized carbons (Fsp3) is 0.636. The fourth-order valence-corrected chi connectivity index (χ4v) is 5.05. The van der Waals surface area contributed by atoms with Crippen LogP contribution in [-0.2, 0) is 10.0 Å². The van der Waals surface area contributed by atoms with Crippen molar-refractivity contribution in [1.29, 1.82) is 0 Å². The van der Waals surface area contributed by atoms with Gasteiger partial charge in [0.05, 0.1) is 4.92 Å². The molecule has 2 saturated carbocycles. The van der Waals surface area contributed by atoms with Crippen LogP contribution in [0.4, 0.5) is 10.7 Å². The van der Waals surface area contributed by atoms with Crippen LogP contribution in [0.2, 0.25) is 0 Å². The summed E-state index contributed by atoms with van der Waals surface area (Å²) in [6, 6.07) is 1.04. The molecule has 10 heteroatoms. The maximum Gasteiger partial charge on any atom is 0.306 e. The average molecular weight is 332 g/mol. The van der Waals surface area contributed by atoms with Crippen LogP contribution < -0.4 is 16.0 Å². The summed E-state index contributed by atoms with van der Waals surface area (Å²) in [6.07, 6.45) is 4.46. The third-order valence-corrected chi connectivity index (χ3v) is 7.16. The Kier molecular flexibility index (Phi) is 3.43. The zero-order valence-corrected chi connectivity index (χ0v) is 12.8. The highest BCUT2D eigenvalue weighted by molar-refractivity contribution is 7.91. The fourth-order valence-electron chi connectivity index (χ4n) is 2.63. The van der Waals surface area contributed by atoms with Gasteiger partial charge in [-0.2, -0.15) is 0 Å². The standard InChI is InChI=1S/C11H16N4O4S2/c12-14-10-8(15(16)17)5-9(20-10)21(18,19)13-6-11(3-4-11)7-1-2-7/h5,7,13-14H,1-4,6,12H2. The van der Waals surface area contributed by atoms with E-state index >= 15 is 0 Å². The van der Waals surface area contributed by atoms with Crippen LogP contribution in [0.25, 0.3) is 0 Å². The Balaban J connectivity index is 1.76. The summed E-state index contributed by atoms with van der Waals surface area (Å²) in [5.41, 5.74) is 1.97. The molecule has 0 aromatic carbocycles. The van der Waals surface area contributed by atoms with Gasteiger partial charge in [-0.15, -0.1) is 0 Å². The molecule has 2 fully saturated rings. The minimum Gasteiger partial charge on any atom is -0.310 e. The molecule has 0 saturated heterocycles. The van der Waals surface area contributed by atoms with Crippen molar-refractivity contribution in [3.8, 4) is 0 Å². The summed E-state index contributed by atoms with van der Waals surface area (Å²) in [5.74, 6) is 5.83. The van der Waals surface area contributed by atoms with Crippen LogP contribution in [0, 0.1) is 21.4 Å². The number of hydrogen-bond donors (Lipinski definition) is 3. The first-order valence-electron chi connectivity index (χ1n) is 6.62. The Morgan fingerprint density at radius 1 is 1.48 bits per heavy atom. The summed E-state index contributed by atoms with van der Waals surface area (Å²) in [6.45, 7) is 0.414. The number of hydrazine groups is 1. The number of nitrogen functional groups attached to an aromatic ring is 1. The van der Waals surface area contributed by atoms with Gasteiger partial charge in [0, 0.05) is 12.6 Å². The molecule has 0 bridgehead atoms. The number of nitro groups is 1. The van der Waals surface area contributed by atoms with Crippen LogP contribution in [0.5, 0.6) is 0 Å². The maximum absolute atomic E-state index is 12.3. The molecule has 0 atom stereocenters. The SMILES string of the molecule is NNc1sc(S(=O)(=O)NCC2(C3CC3)CC2)cc1[N+](=O)[O-]. The minimum absolute atomic E-state index is 0.0312. The maximum atomic E-state index is 12.3. The molecule has 0 radical (unpaired) electrons. The van der Waals surface area contributed by atoms with Crippen molar-refractivity contribution < 1.29 is 13.3 Å². The number of nitrogens with one attached hydrogen (secondary N) is 2.